The van der Waals surface area contributed by atoms with E-state index in [4.69, 9.17) is 11.6 Å². The molecule has 112 valence electrons. The van der Waals surface area contributed by atoms with Crippen LogP contribution in [0.5, 0.6) is 0 Å². The summed E-state index contributed by atoms with van der Waals surface area (Å²) in [6.45, 7) is 3.25. The Hall–Kier alpha value is -2.26. The second kappa shape index (κ2) is 6.24. The van der Waals surface area contributed by atoms with Crippen molar-refractivity contribution in [2.45, 2.75) is 13.5 Å². The first-order chi connectivity index (χ1) is 10.7. The topological polar surface area (TPSA) is 36.1 Å². The lowest BCUT2D eigenvalue weighted by Crippen LogP contribution is -2.30. The number of aromatic amines is 1. The standard InChI is InChI=1S/C18H17ClN2O/c1-2-21(12-13-6-4-3-5-7-13)18(22)17-11-14-10-15(19)8-9-16(14)20-17/h3-11,20H,2,12H2,1H3. The number of nitrogens with one attached hydrogen (secondary N) is 1. The first-order valence-electron chi connectivity index (χ1n) is 7.29. The number of fused-ring (bicyclic) bond motifs is 1. The zero-order valence-electron chi connectivity index (χ0n) is 12.3. The third-order valence-electron chi connectivity index (χ3n) is 3.70. The molecule has 22 heavy (non-hydrogen) atoms. The van der Waals surface area contributed by atoms with Crippen molar-refractivity contribution in [3.05, 3.63) is 70.9 Å². The van der Waals surface area contributed by atoms with Gasteiger partial charge in [0.15, 0.2) is 0 Å². The molecular weight excluding hydrogens is 296 g/mol. The van der Waals surface area contributed by atoms with E-state index in [0.717, 1.165) is 16.5 Å². The molecular formula is C18H17ClN2O. The first kappa shape index (κ1) is 14.7. The van der Waals surface area contributed by atoms with Crippen LogP contribution in [0.2, 0.25) is 5.02 Å². The van der Waals surface area contributed by atoms with E-state index >= 15 is 0 Å². The van der Waals surface area contributed by atoms with Crippen molar-refractivity contribution in [2.24, 2.45) is 0 Å². The molecule has 0 saturated heterocycles. The van der Waals surface area contributed by atoms with Gasteiger partial charge in [0.2, 0.25) is 0 Å². The third kappa shape index (κ3) is 3.00. The van der Waals surface area contributed by atoms with E-state index in [2.05, 4.69) is 4.98 Å². The summed E-state index contributed by atoms with van der Waals surface area (Å²) in [5, 5.41) is 1.62. The van der Waals surface area contributed by atoms with Crippen molar-refractivity contribution in [3.63, 3.8) is 0 Å². The molecule has 0 fully saturated rings. The van der Waals surface area contributed by atoms with Crippen LogP contribution in [0.3, 0.4) is 0 Å². The monoisotopic (exact) mass is 312 g/mol. The Bertz CT molecular complexity index is 795. The number of halogens is 1. The Labute approximate surface area is 134 Å². The summed E-state index contributed by atoms with van der Waals surface area (Å²) in [6, 6.07) is 17.4. The zero-order valence-corrected chi connectivity index (χ0v) is 13.1. The van der Waals surface area contributed by atoms with Crippen molar-refractivity contribution in [1.82, 2.24) is 9.88 Å². The van der Waals surface area contributed by atoms with E-state index < -0.39 is 0 Å². The average Bonchev–Trinajstić information content (AvgIpc) is 2.96. The first-order valence-corrected chi connectivity index (χ1v) is 7.66. The van der Waals surface area contributed by atoms with Crippen molar-refractivity contribution in [3.8, 4) is 0 Å². The Morgan fingerprint density at radius 2 is 1.91 bits per heavy atom. The predicted molar refractivity (Wildman–Crippen MR) is 90.2 cm³/mol. The maximum Gasteiger partial charge on any atom is 0.270 e. The smallest absolute Gasteiger partial charge is 0.270 e. The molecule has 3 rings (SSSR count). The Kier molecular flexibility index (Phi) is 4.16. The minimum atomic E-state index is -0.00123. The summed E-state index contributed by atoms with van der Waals surface area (Å²) >= 11 is 6.00. The van der Waals surface area contributed by atoms with Crippen LogP contribution in [0.15, 0.2) is 54.6 Å². The Morgan fingerprint density at radius 3 is 2.64 bits per heavy atom. The highest BCUT2D eigenvalue weighted by Gasteiger charge is 2.16. The van der Waals surface area contributed by atoms with Crippen LogP contribution in [-0.4, -0.2) is 22.3 Å². The summed E-state index contributed by atoms with van der Waals surface area (Å²) in [5.74, 6) is -0.00123. The minimum absolute atomic E-state index is 0.00123. The maximum absolute atomic E-state index is 12.7. The van der Waals surface area contributed by atoms with Gasteiger partial charge >= 0.3 is 0 Å². The highest BCUT2D eigenvalue weighted by Crippen LogP contribution is 2.21. The molecule has 0 radical (unpaired) electrons. The molecule has 0 saturated carbocycles. The van der Waals surface area contributed by atoms with Gasteiger partial charge < -0.3 is 9.88 Å². The average molecular weight is 313 g/mol. The molecule has 1 N–H and O–H groups in total. The lowest BCUT2D eigenvalue weighted by Gasteiger charge is -2.20. The molecule has 3 nitrogen and oxygen atoms in total. The summed E-state index contributed by atoms with van der Waals surface area (Å²) < 4.78 is 0. The SMILES string of the molecule is CCN(Cc1ccccc1)C(=O)c1cc2cc(Cl)ccc2[nH]1. The number of carbonyl (C=O) groups excluding carboxylic acids is 1. The largest absolute Gasteiger partial charge is 0.351 e. The maximum atomic E-state index is 12.7. The molecule has 0 unspecified atom stereocenters. The fourth-order valence-corrected chi connectivity index (χ4v) is 2.70. The lowest BCUT2D eigenvalue weighted by atomic mass is 10.2. The Morgan fingerprint density at radius 1 is 1.14 bits per heavy atom. The van der Waals surface area contributed by atoms with Crippen LogP contribution >= 0.6 is 11.6 Å². The Balaban J connectivity index is 1.86. The van der Waals surface area contributed by atoms with Crippen LogP contribution in [0, 0.1) is 0 Å². The summed E-state index contributed by atoms with van der Waals surface area (Å²) in [5.41, 5.74) is 2.63. The molecule has 0 aliphatic heterocycles. The molecule has 2 aromatic carbocycles. The van der Waals surface area contributed by atoms with Gasteiger partial charge in [-0.1, -0.05) is 41.9 Å². The molecule has 1 heterocycles. The zero-order chi connectivity index (χ0) is 15.5. The third-order valence-corrected chi connectivity index (χ3v) is 3.93. The molecule has 1 aromatic heterocycles. The van der Waals surface area contributed by atoms with Crippen LogP contribution < -0.4 is 0 Å². The van der Waals surface area contributed by atoms with Crippen molar-refractivity contribution >= 4 is 28.4 Å². The number of nitrogens with zero attached hydrogens (tertiary/aromatic N) is 1. The number of amides is 1. The lowest BCUT2D eigenvalue weighted by molar-refractivity contribution is 0.0747. The van der Waals surface area contributed by atoms with Crippen LogP contribution in [0.25, 0.3) is 10.9 Å². The predicted octanol–water partition coefficient (Wildman–Crippen LogP) is 4.48. The molecule has 0 spiro atoms. The summed E-state index contributed by atoms with van der Waals surface area (Å²) in [6.07, 6.45) is 0. The van der Waals surface area contributed by atoms with Gasteiger partial charge in [0.05, 0.1) is 0 Å². The molecule has 1 amide bonds. The van der Waals surface area contributed by atoms with Gasteiger partial charge in [-0.05, 0) is 36.8 Å². The fourth-order valence-electron chi connectivity index (χ4n) is 2.52. The molecule has 0 bridgehead atoms. The molecule has 3 aromatic rings. The highest BCUT2D eigenvalue weighted by atomic mass is 35.5. The second-order valence-electron chi connectivity index (χ2n) is 5.22. The van der Waals surface area contributed by atoms with E-state index in [1.807, 2.05) is 66.4 Å². The van der Waals surface area contributed by atoms with E-state index in [9.17, 15) is 4.79 Å². The highest BCUT2D eigenvalue weighted by molar-refractivity contribution is 6.31. The van der Waals surface area contributed by atoms with Gasteiger partial charge in [0.1, 0.15) is 5.69 Å². The van der Waals surface area contributed by atoms with Crippen LogP contribution in [0.1, 0.15) is 23.0 Å². The quantitative estimate of drug-likeness (QED) is 0.757. The van der Waals surface area contributed by atoms with E-state index in [0.29, 0.717) is 23.8 Å². The van der Waals surface area contributed by atoms with Crippen molar-refractivity contribution in [2.75, 3.05) is 6.54 Å². The number of H-pyrrole nitrogens is 1. The van der Waals surface area contributed by atoms with E-state index in [1.54, 1.807) is 0 Å². The van der Waals surface area contributed by atoms with Crippen LogP contribution in [-0.2, 0) is 6.54 Å². The summed E-state index contributed by atoms with van der Waals surface area (Å²) in [4.78, 5) is 17.7. The number of benzene rings is 2. The fraction of sp³-hybridized carbons (Fsp3) is 0.167. The number of aromatic nitrogens is 1. The molecule has 0 aliphatic carbocycles. The summed E-state index contributed by atoms with van der Waals surface area (Å²) in [7, 11) is 0. The van der Waals surface area contributed by atoms with Crippen molar-refractivity contribution < 1.29 is 4.79 Å². The van der Waals surface area contributed by atoms with Gasteiger partial charge in [-0.25, -0.2) is 0 Å². The molecule has 4 heteroatoms. The van der Waals surface area contributed by atoms with Gasteiger partial charge in [-0.2, -0.15) is 0 Å². The number of hydrogen-bond donors (Lipinski definition) is 1. The van der Waals surface area contributed by atoms with Crippen molar-refractivity contribution in [1.29, 1.82) is 0 Å². The molecule has 0 atom stereocenters. The number of carbonyl (C=O) groups is 1. The number of rotatable bonds is 4. The number of hydrogen-bond acceptors (Lipinski definition) is 1. The molecule has 0 aliphatic rings. The van der Waals surface area contributed by atoms with E-state index in [1.165, 1.54) is 0 Å². The second-order valence-corrected chi connectivity index (χ2v) is 5.66. The van der Waals surface area contributed by atoms with E-state index in [-0.39, 0.29) is 5.91 Å². The van der Waals surface area contributed by atoms with Gasteiger partial charge in [-0.15, -0.1) is 0 Å². The minimum Gasteiger partial charge on any atom is -0.351 e. The van der Waals surface area contributed by atoms with Gasteiger partial charge in [0.25, 0.3) is 5.91 Å². The van der Waals surface area contributed by atoms with Gasteiger partial charge in [0, 0.05) is 29.0 Å². The van der Waals surface area contributed by atoms with Crippen LogP contribution in [0.4, 0.5) is 0 Å². The normalized spacial score (nSPS) is 10.8. The van der Waals surface area contributed by atoms with Gasteiger partial charge in [-0.3, -0.25) is 4.79 Å².